The molecule has 3 atom stereocenters. The van der Waals surface area contributed by atoms with Crippen molar-refractivity contribution in [3.63, 3.8) is 0 Å². The largest absolute Gasteiger partial charge is 0.383 e. The molecule has 3 nitrogen and oxygen atoms in total. The van der Waals surface area contributed by atoms with E-state index < -0.39 is 0 Å². The molecule has 3 unspecified atom stereocenters. The van der Waals surface area contributed by atoms with Crippen LogP contribution in [0.1, 0.15) is 32.6 Å². The third-order valence-corrected chi connectivity index (χ3v) is 3.86. The summed E-state index contributed by atoms with van der Waals surface area (Å²) in [6.07, 6.45) is 5.49. The van der Waals surface area contributed by atoms with Crippen LogP contribution >= 0.6 is 0 Å². The number of nitrogens with zero attached hydrogens (tertiary/aromatic N) is 1. The number of rotatable bonds is 6. The van der Waals surface area contributed by atoms with Crippen molar-refractivity contribution < 1.29 is 4.74 Å². The van der Waals surface area contributed by atoms with Gasteiger partial charge in [-0.1, -0.05) is 19.8 Å². The van der Waals surface area contributed by atoms with E-state index in [0.29, 0.717) is 6.04 Å². The van der Waals surface area contributed by atoms with Crippen LogP contribution < -0.4 is 5.32 Å². The van der Waals surface area contributed by atoms with Crippen molar-refractivity contribution >= 4 is 0 Å². The molecule has 96 valence electrons. The predicted octanol–water partition coefficient (Wildman–Crippen LogP) is 1.73. The fourth-order valence-corrected chi connectivity index (χ4v) is 2.82. The molecule has 1 aliphatic rings. The molecule has 16 heavy (non-hydrogen) atoms. The Morgan fingerprint density at radius 1 is 1.44 bits per heavy atom. The minimum absolute atomic E-state index is 0.505. The molecule has 0 aliphatic heterocycles. The van der Waals surface area contributed by atoms with Gasteiger partial charge >= 0.3 is 0 Å². The minimum atomic E-state index is 0.505. The van der Waals surface area contributed by atoms with Crippen LogP contribution in [0.25, 0.3) is 0 Å². The molecular weight excluding hydrogens is 200 g/mol. The van der Waals surface area contributed by atoms with Crippen molar-refractivity contribution in [1.29, 1.82) is 0 Å². The summed E-state index contributed by atoms with van der Waals surface area (Å²) < 4.78 is 5.31. The van der Waals surface area contributed by atoms with Gasteiger partial charge in [0.1, 0.15) is 0 Å². The Kier molecular flexibility index (Phi) is 6.32. The SMILES string of the molecule is CNCC(COC)N(C)C1CCCC(C)C1. The standard InChI is InChI=1S/C13H28N2O/c1-11-6-5-7-12(8-11)15(3)13(9-14-2)10-16-4/h11-14H,5-10H2,1-4H3. The van der Waals surface area contributed by atoms with Gasteiger partial charge in [-0.25, -0.2) is 0 Å². The maximum absolute atomic E-state index is 5.31. The Morgan fingerprint density at radius 3 is 2.75 bits per heavy atom. The number of hydrogen-bond donors (Lipinski definition) is 1. The highest BCUT2D eigenvalue weighted by Crippen LogP contribution is 2.27. The van der Waals surface area contributed by atoms with Crippen molar-refractivity contribution in [3.05, 3.63) is 0 Å². The molecule has 0 amide bonds. The third kappa shape index (κ3) is 4.04. The fourth-order valence-electron chi connectivity index (χ4n) is 2.82. The Morgan fingerprint density at radius 2 is 2.19 bits per heavy atom. The van der Waals surface area contributed by atoms with Gasteiger partial charge in [-0.15, -0.1) is 0 Å². The molecular formula is C13H28N2O. The molecule has 1 rings (SSSR count). The van der Waals surface area contributed by atoms with Gasteiger partial charge in [0.2, 0.25) is 0 Å². The first-order chi connectivity index (χ1) is 7.69. The van der Waals surface area contributed by atoms with E-state index in [1.165, 1.54) is 25.7 Å². The summed E-state index contributed by atoms with van der Waals surface area (Å²) in [6.45, 7) is 4.21. The van der Waals surface area contributed by atoms with Crippen LogP contribution in [0.15, 0.2) is 0 Å². The second kappa shape index (κ2) is 7.25. The second-order valence-corrected chi connectivity index (χ2v) is 5.26. The van der Waals surface area contributed by atoms with Gasteiger partial charge in [0.25, 0.3) is 0 Å². The van der Waals surface area contributed by atoms with Crippen LogP contribution in [0.3, 0.4) is 0 Å². The Balaban J connectivity index is 2.47. The van der Waals surface area contributed by atoms with Crippen molar-refractivity contribution in [2.75, 3.05) is 34.4 Å². The maximum atomic E-state index is 5.31. The molecule has 0 aromatic carbocycles. The van der Waals surface area contributed by atoms with Gasteiger partial charge in [-0.05, 0) is 32.9 Å². The number of hydrogen-bond acceptors (Lipinski definition) is 3. The van der Waals surface area contributed by atoms with E-state index in [1.54, 1.807) is 7.11 Å². The molecule has 0 spiro atoms. The lowest BCUT2D eigenvalue weighted by Crippen LogP contribution is -2.48. The lowest BCUT2D eigenvalue weighted by molar-refractivity contribution is 0.0595. The maximum Gasteiger partial charge on any atom is 0.0630 e. The van der Waals surface area contributed by atoms with Gasteiger partial charge in [0.05, 0.1) is 6.61 Å². The first-order valence-electron chi connectivity index (χ1n) is 6.54. The first kappa shape index (κ1) is 13.9. The number of nitrogens with one attached hydrogen (secondary N) is 1. The molecule has 1 aliphatic carbocycles. The van der Waals surface area contributed by atoms with Crippen molar-refractivity contribution in [2.24, 2.45) is 5.92 Å². The van der Waals surface area contributed by atoms with Crippen molar-refractivity contribution in [2.45, 2.75) is 44.7 Å². The average molecular weight is 228 g/mol. The van der Waals surface area contributed by atoms with E-state index in [4.69, 9.17) is 4.74 Å². The summed E-state index contributed by atoms with van der Waals surface area (Å²) in [7, 11) is 6.06. The quantitative estimate of drug-likeness (QED) is 0.749. The normalized spacial score (nSPS) is 28.3. The molecule has 0 aromatic heterocycles. The highest BCUT2D eigenvalue weighted by molar-refractivity contribution is 4.82. The van der Waals surface area contributed by atoms with Crippen molar-refractivity contribution in [3.8, 4) is 0 Å². The topological polar surface area (TPSA) is 24.5 Å². The molecule has 0 aromatic rings. The van der Waals surface area contributed by atoms with E-state index in [2.05, 4.69) is 24.2 Å². The Bertz CT molecular complexity index is 176. The molecule has 0 radical (unpaired) electrons. The average Bonchev–Trinajstić information content (AvgIpc) is 2.28. The third-order valence-electron chi connectivity index (χ3n) is 3.86. The summed E-state index contributed by atoms with van der Waals surface area (Å²) >= 11 is 0. The van der Waals surface area contributed by atoms with Crippen LogP contribution in [0, 0.1) is 5.92 Å². The highest BCUT2D eigenvalue weighted by Gasteiger charge is 2.26. The van der Waals surface area contributed by atoms with Crippen molar-refractivity contribution in [1.82, 2.24) is 10.2 Å². The Labute approximate surface area is 101 Å². The van der Waals surface area contributed by atoms with E-state index in [0.717, 1.165) is 25.1 Å². The van der Waals surface area contributed by atoms with Crippen LogP contribution in [0.2, 0.25) is 0 Å². The zero-order valence-corrected chi connectivity index (χ0v) is 11.3. The zero-order valence-electron chi connectivity index (χ0n) is 11.3. The Hall–Kier alpha value is -0.120. The summed E-state index contributed by atoms with van der Waals surface area (Å²) in [5.41, 5.74) is 0. The number of ether oxygens (including phenoxy) is 1. The number of likely N-dealkylation sites (N-methyl/N-ethyl adjacent to an activating group) is 2. The highest BCUT2D eigenvalue weighted by atomic mass is 16.5. The molecule has 1 saturated carbocycles. The van der Waals surface area contributed by atoms with Crippen LogP contribution in [-0.2, 0) is 4.74 Å². The van der Waals surface area contributed by atoms with Crippen LogP contribution in [-0.4, -0.2) is 51.3 Å². The lowest BCUT2D eigenvalue weighted by Gasteiger charge is -2.38. The van der Waals surface area contributed by atoms with Gasteiger partial charge in [-0.3, -0.25) is 4.90 Å². The van der Waals surface area contributed by atoms with E-state index >= 15 is 0 Å². The van der Waals surface area contributed by atoms with Crippen LogP contribution in [0.5, 0.6) is 0 Å². The fraction of sp³-hybridized carbons (Fsp3) is 1.00. The van der Waals surface area contributed by atoms with Crippen LogP contribution in [0.4, 0.5) is 0 Å². The predicted molar refractivity (Wildman–Crippen MR) is 68.8 cm³/mol. The van der Waals surface area contributed by atoms with E-state index in [-0.39, 0.29) is 0 Å². The molecule has 0 bridgehead atoms. The second-order valence-electron chi connectivity index (χ2n) is 5.26. The molecule has 0 heterocycles. The molecule has 3 heteroatoms. The summed E-state index contributed by atoms with van der Waals surface area (Å²) in [6, 6.07) is 1.25. The lowest BCUT2D eigenvalue weighted by atomic mass is 9.86. The minimum Gasteiger partial charge on any atom is -0.383 e. The smallest absolute Gasteiger partial charge is 0.0630 e. The number of methoxy groups -OCH3 is 1. The first-order valence-corrected chi connectivity index (χ1v) is 6.54. The van der Waals surface area contributed by atoms with Gasteiger partial charge in [0, 0.05) is 25.7 Å². The monoisotopic (exact) mass is 228 g/mol. The molecule has 1 fully saturated rings. The molecule has 0 saturated heterocycles. The van der Waals surface area contributed by atoms with Gasteiger partial charge in [-0.2, -0.15) is 0 Å². The van der Waals surface area contributed by atoms with Gasteiger partial charge < -0.3 is 10.1 Å². The molecule has 1 N–H and O–H groups in total. The summed E-state index contributed by atoms with van der Waals surface area (Å²) in [5.74, 6) is 0.888. The van der Waals surface area contributed by atoms with E-state index in [9.17, 15) is 0 Å². The summed E-state index contributed by atoms with van der Waals surface area (Å²) in [4.78, 5) is 2.52. The van der Waals surface area contributed by atoms with E-state index in [1.807, 2.05) is 7.05 Å². The summed E-state index contributed by atoms with van der Waals surface area (Å²) in [5, 5.41) is 3.26. The zero-order chi connectivity index (χ0) is 12.0. The van der Waals surface area contributed by atoms with Gasteiger partial charge in [0.15, 0.2) is 0 Å².